The van der Waals surface area contributed by atoms with E-state index < -0.39 is 15.8 Å². The minimum Gasteiger partial charge on any atom is -0.494 e. The number of nitrogens with one attached hydrogen (secondary N) is 2. The monoisotopic (exact) mass is 350 g/mol. The first-order valence-electron chi connectivity index (χ1n) is 7.65. The van der Waals surface area contributed by atoms with Gasteiger partial charge in [0.2, 0.25) is 10.0 Å². The molecule has 0 spiro atoms. The van der Waals surface area contributed by atoms with E-state index in [0.29, 0.717) is 0 Å². The highest BCUT2D eigenvalue weighted by Crippen LogP contribution is 2.24. The fourth-order valence-electron chi connectivity index (χ4n) is 2.86. The second kappa shape index (κ2) is 6.88. The van der Waals surface area contributed by atoms with Crippen LogP contribution in [-0.4, -0.2) is 28.6 Å². The summed E-state index contributed by atoms with van der Waals surface area (Å²) in [5.41, 5.74) is 2.33. The summed E-state index contributed by atoms with van der Waals surface area (Å²) in [4.78, 5) is -0.0233. The molecule has 128 valence electrons. The number of ether oxygens (including phenoxy) is 1. The Labute approximate surface area is 140 Å². The largest absolute Gasteiger partial charge is 0.494 e. The van der Waals surface area contributed by atoms with E-state index in [9.17, 15) is 12.8 Å². The van der Waals surface area contributed by atoms with Crippen molar-refractivity contribution in [3.05, 3.63) is 59.4 Å². The summed E-state index contributed by atoms with van der Waals surface area (Å²) in [5.74, 6) is -0.696. The second-order valence-corrected chi connectivity index (χ2v) is 7.37. The van der Waals surface area contributed by atoms with Crippen molar-refractivity contribution in [2.75, 3.05) is 20.2 Å². The van der Waals surface area contributed by atoms with Crippen molar-refractivity contribution in [3.8, 4) is 5.75 Å². The van der Waals surface area contributed by atoms with Crippen LogP contribution in [0.4, 0.5) is 4.39 Å². The van der Waals surface area contributed by atoms with Crippen molar-refractivity contribution < 1.29 is 17.5 Å². The highest BCUT2D eigenvalue weighted by Gasteiger charge is 2.22. The zero-order valence-electron chi connectivity index (χ0n) is 13.3. The summed E-state index contributed by atoms with van der Waals surface area (Å²) in [6, 6.07) is 11.4. The van der Waals surface area contributed by atoms with Gasteiger partial charge in [-0.1, -0.05) is 24.3 Å². The number of sulfonamides is 1. The van der Waals surface area contributed by atoms with Gasteiger partial charge in [-0.2, -0.15) is 0 Å². The molecule has 0 bridgehead atoms. The summed E-state index contributed by atoms with van der Waals surface area (Å²) in [6.45, 7) is 1.02. The Morgan fingerprint density at radius 1 is 1.29 bits per heavy atom. The number of halogens is 1. The number of hydrogen-bond donors (Lipinski definition) is 2. The van der Waals surface area contributed by atoms with Gasteiger partial charge in [-0.25, -0.2) is 17.5 Å². The predicted octanol–water partition coefficient (Wildman–Crippen LogP) is 2.00. The topological polar surface area (TPSA) is 67.4 Å². The molecule has 0 aliphatic carbocycles. The average molecular weight is 350 g/mol. The van der Waals surface area contributed by atoms with Crippen LogP contribution in [0.2, 0.25) is 0 Å². The Hall–Kier alpha value is -1.96. The fraction of sp³-hybridized carbons (Fsp3) is 0.294. The van der Waals surface area contributed by atoms with Gasteiger partial charge in [0, 0.05) is 18.7 Å². The second-order valence-electron chi connectivity index (χ2n) is 5.60. The standard InChI is InChI=1S/C17H19FN2O3S/c1-23-17-10-13(6-7-15(17)18)24(21,22)20-11-16-14-5-3-2-4-12(14)8-9-19-16/h2-7,10,16,19-20H,8-9,11H2,1H3. The third kappa shape index (κ3) is 3.43. The third-order valence-electron chi connectivity index (χ3n) is 4.13. The highest BCUT2D eigenvalue weighted by molar-refractivity contribution is 7.89. The first kappa shape index (κ1) is 16.9. The number of hydrogen-bond acceptors (Lipinski definition) is 4. The van der Waals surface area contributed by atoms with Crippen LogP contribution in [-0.2, 0) is 16.4 Å². The zero-order chi connectivity index (χ0) is 17.2. The van der Waals surface area contributed by atoms with Crippen LogP contribution in [0.5, 0.6) is 5.75 Å². The predicted molar refractivity (Wildman–Crippen MR) is 89.0 cm³/mol. The fourth-order valence-corrected chi connectivity index (χ4v) is 3.92. The highest BCUT2D eigenvalue weighted by atomic mass is 32.2. The molecule has 0 saturated heterocycles. The summed E-state index contributed by atoms with van der Waals surface area (Å²) >= 11 is 0. The smallest absolute Gasteiger partial charge is 0.240 e. The summed E-state index contributed by atoms with van der Waals surface area (Å²) in [7, 11) is -2.45. The minimum absolute atomic E-state index is 0.0233. The van der Waals surface area contributed by atoms with Crippen LogP contribution in [0.1, 0.15) is 17.2 Å². The van der Waals surface area contributed by atoms with Crippen molar-refractivity contribution in [1.29, 1.82) is 0 Å². The average Bonchev–Trinajstić information content (AvgIpc) is 2.60. The molecular formula is C17H19FN2O3S. The molecule has 0 saturated carbocycles. The molecule has 24 heavy (non-hydrogen) atoms. The van der Waals surface area contributed by atoms with Crippen molar-refractivity contribution in [3.63, 3.8) is 0 Å². The van der Waals surface area contributed by atoms with E-state index in [1.807, 2.05) is 18.2 Å². The molecule has 3 rings (SSSR count). The molecule has 2 N–H and O–H groups in total. The number of benzene rings is 2. The third-order valence-corrected chi connectivity index (χ3v) is 5.55. The van der Waals surface area contributed by atoms with Gasteiger partial charge in [0.15, 0.2) is 11.6 Å². The summed E-state index contributed by atoms with van der Waals surface area (Å²) in [5, 5.41) is 3.32. The molecule has 5 nitrogen and oxygen atoms in total. The maximum absolute atomic E-state index is 13.4. The molecule has 2 aromatic rings. The van der Waals surface area contributed by atoms with E-state index in [2.05, 4.69) is 16.1 Å². The Kier molecular flexibility index (Phi) is 4.84. The van der Waals surface area contributed by atoms with Crippen LogP contribution in [0.3, 0.4) is 0 Å². The minimum atomic E-state index is -3.75. The lowest BCUT2D eigenvalue weighted by atomic mass is 9.95. The van der Waals surface area contributed by atoms with Crippen LogP contribution in [0.15, 0.2) is 47.4 Å². The van der Waals surface area contributed by atoms with Crippen LogP contribution in [0.25, 0.3) is 0 Å². The Morgan fingerprint density at radius 3 is 2.88 bits per heavy atom. The molecule has 1 heterocycles. The molecule has 7 heteroatoms. The Balaban J connectivity index is 1.77. The molecular weight excluding hydrogens is 331 g/mol. The summed E-state index contributed by atoms with van der Waals surface area (Å²) < 4.78 is 45.8. The van der Waals surface area contributed by atoms with E-state index in [-0.39, 0.29) is 23.2 Å². The van der Waals surface area contributed by atoms with E-state index in [1.54, 1.807) is 0 Å². The number of rotatable bonds is 5. The molecule has 1 aliphatic rings. The number of fused-ring (bicyclic) bond motifs is 1. The molecule has 1 aliphatic heterocycles. The molecule has 0 amide bonds. The van der Waals surface area contributed by atoms with Crippen molar-refractivity contribution in [1.82, 2.24) is 10.0 Å². The Morgan fingerprint density at radius 2 is 2.08 bits per heavy atom. The number of methoxy groups -OCH3 is 1. The quantitative estimate of drug-likeness (QED) is 0.866. The van der Waals surface area contributed by atoms with E-state index in [4.69, 9.17) is 4.74 Å². The molecule has 1 unspecified atom stereocenters. The van der Waals surface area contributed by atoms with Gasteiger partial charge in [0.1, 0.15) is 0 Å². The maximum Gasteiger partial charge on any atom is 0.240 e. The maximum atomic E-state index is 13.4. The zero-order valence-corrected chi connectivity index (χ0v) is 14.1. The Bertz CT molecular complexity index is 839. The van der Waals surface area contributed by atoms with Gasteiger partial charge in [0.05, 0.1) is 12.0 Å². The molecule has 0 fully saturated rings. The first-order chi connectivity index (χ1) is 11.5. The molecule has 0 radical (unpaired) electrons. The SMILES string of the molecule is COc1cc(S(=O)(=O)NCC2NCCc3ccccc32)ccc1F. The lowest BCUT2D eigenvalue weighted by Gasteiger charge is -2.27. The lowest BCUT2D eigenvalue weighted by molar-refractivity contribution is 0.385. The van der Waals surface area contributed by atoms with Gasteiger partial charge in [-0.15, -0.1) is 0 Å². The first-order valence-corrected chi connectivity index (χ1v) is 9.14. The van der Waals surface area contributed by atoms with Crippen LogP contribution < -0.4 is 14.8 Å². The van der Waals surface area contributed by atoms with Gasteiger partial charge in [-0.3, -0.25) is 0 Å². The van der Waals surface area contributed by atoms with E-state index >= 15 is 0 Å². The van der Waals surface area contributed by atoms with Crippen LogP contribution in [0, 0.1) is 5.82 Å². The normalized spacial score (nSPS) is 17.3. The van der Waals surface area contributed by atoms with E-state index in [0.717, 1.165) is 24.6 Å². The lowest BCUT2D eigenvalue weighted by Crippen LogP contribution is -2.38. The van der Waals surface area contributed by atoms with Gasteiger partial charge < -0.3 is 10.1 Å². The molecule has 0 aromatic heterocycles. The molecule has 2 aromatic carbocycles. The van der Waals surface area contributed by atoms with Crippen LogP contribution >= 0.6 is 0 Å². The van der Waals surface area contributed by atoms with Gasteiger partial charge in [0.25, 0.3) is 0 Å². The van der Waals surface area contributed by atoms with E-state index in [1.165, 1.54) is 24.8 Å². The van der Waals surface area contributed by atoms with Crippen molar-refractivity contribution in [2.45, 2.75) is 17.4 Å². The van der Waals surface area contributed by atoms with Gasteiger partial charge >= 0.3 is 0 Å². The molecule has 1 atom stereocenters. The van der Waals surface area contributed by atoms with Crippen molar-refractivity contribution in [2.24, 2.45) is 0 Å². The summed E-state index contributed by atoms with van der Waals surface area (Å²) in [6.07, 6.45) is 0.925. The van der Waals surface area contributed by atoms with Gasteiger partial charge in [-0.05, 0) is 36.2 Å². The van der Waals surface area contributed by atoms with Crippen molar-refractivity contribution >= 4 is 10.0 Å².